The lowest BCUT2D eigenvalue weighted by Gasteiger charge is -2.09. The molecular weight excluding hydrogens is 482 g/mol. The zero-order valence-electron chi connectivity index (χ0n) is 20.8. The number of aromatic nitrogens is 5. The molecule has 184 valence electrons. The van der Waals surface area contributed by atoms with Crippen LogP contribution in [0.2, 0.25) is 0 Å². The molecule has 39 heavy (non-hydrogen) atoms. The Balaban J connectivity index is 1.49. The van der Waals surface area contributed by atoms with Gasteiger partial charge in [0.05, 0.1) is 5.56 Å². The Hall–Kier alpha value is -5.49. The number of nitrogens with zero attached hydrogens (tertiary/aromatic N) is 5. The average molecular weight is 504 g/mol. The third-order valence-electron chi connectivity index (χ3n) is 6.48. The van der Waals surface area contributed by atoms with E-state index in [0.717, 1.165) is 38.9 Å². The molecule has 7 rings (SSSR count). The summed E-state index contributed by atoms with van der Waals surface area (Å²) in [6.07, 6.45) is 3.59. The molecule has 0 aliphatic heterocycles. The molecule has 0 amide bonds. The SMILES string of the molecule is c1ccc(-c2nc(-c3ccccc3)nc(-c3ccc(-c4cccnc4)c4nc(-c5ccccc5)oc34)n2)cc1. The maximum absolute atomic E-state index is 6.46. The van der Waals surface area contributed by atoms with Gasteiger partial charge in [-0.2, -0.15) is 0 Å². The minimum absolute atomic E-state index is 0.515. The van der Waals surface area contributed by atoms with Crippen LogP contribution in [0.15, 0.2) is 132 Å². The van der Waals surface area contributed by atoms with Crippen molar-refractivity contribution in [2.45, 2.75) is 0 Å². The predicted molar refractivity (Wildman–Crippen MR) is 152 cm³/mol. The standard InChI is InChI=1S/C33H21N5O/c1-4-11-22(12-5-1)30-36-31(23-13-6-2-7-14-23)38-32(37-30)27-19-18-26(25-17-10-20-34-21-25)28-29(27)39-33(35-28)24-15-8-3-9-16-24/h1-21H. The Labute approximate surface area is 224 Å². The summed E-state index contributed by atoms with van der Waals surface area (Å²) in [5, 5.41) is 0. The highest BCUT2D eigenvalue weighted by Gasteiger charge is 2.21. The second kappa shape index (κ2) is 9.76. The zero-order valence-corrected chi connectivity index (χ0v) is 20.8. The van der Waals surface area contributed by atoms with E-state index in [4.69, 9.17) is 24.4 Å². The topological polar surface area (TPSA) is 77.6 Å². The normalized spacial score (nSPS) is 11.1. The zero-order chi connectivity index (χ0) is 26.0. The number of benzene rings is 4. The van der Waals surface area contributed by atoms with Gasteiger partial charge in [0.15, 0.2) is 23.1 Å². The van der Waals surface area contributed by atoms with Crippen molar-refractivity contribution >= 4 is 11.1 Å². The van der Waals surface area contributed by atoms with E-state index in [1.165, 1.54) is 0 Å². The number of rotatable bonds is 5. The number of hydrogen-bond donors (Lipinski definition) is 0. The molecule has 3 aromatic heterocycles. The molecule has 0 fully saturated rings. The summed E-state index contributed by atoms with van der Waals surface area (Å²) in [6, 6.07) is 37.7. The molecule has 0 spiro atoms. The van der Waals surface area contributed by atoms with Crippen molar-refractivity contribution < 1.29 is 4.42 Å². The largest absolute Gasteiger partial charge is 0.435 e. The number of pyridine rings is 1. The van der Waals surface area contributed by atoms with E-state index in [1.54, 1.807) is 6.20 Å². The molecule has 6 nitrogen and oxygen atoms in total. The van der Waals surface area contributed by atoms with Crippen LogP contribution in [0.1, 0.15) is 0 Å². The second-order valence-corrected chi connectivity index (χ2v) is 9.00. The van der Waals surface area contributed by atoms with Crippen molar-refractivity contribution in [1.29, 1.82) is 0 Å². The lowest BCUT2D eigenvalue weighted by Crippen LogP contribution is -2.00. The predicted octanol–water partition coefficient (Wildman–Crippen LogP) is 7.74. The lowest BCUT2D eigenvalue weighted by molar-refractivity contribution is 0.620. The van der Waals surface area contributed by atoms with Gasteiger partial charge in [0.25, 0.3) is 0 Å². The van der Waals surface area contributed by atoms with Gasteiger partial charge in [0, 0.05) is 40.2 Å². The molecule has 7 aromatic rings. The van der Waals surface area contributed by atoms with Crippen molar-refractivity contribution in [3.8, 4) is 56.7 Å². The van der Waals surface area contributed by atoms with Crippen LogP contribution in [0.3, 0.4) is 0 Å². The summed E-state index contributed by atoms with van der Waals surface area (Å²) in [5.41, 5.74) is 6.65. The molecule has 0 N–H and O–H groups in total. The van der Waals surface area contributed by atoms with E-state index in [2.05, 4.69) is 4.98 Å². The van der Waals surface area contributed by atoms with Gasteiger partial charge < -0.3 is 4.42 Å². The van der Waals surface area contributed by atoms with Crippen molar-refractivity contribution in [3.05, 3.63) is 128 Å². The van der Waals surface area contributed by atoms with Gasteiger partial charge in [-0.15, -0.1) is 0 Å². The molecule has 0 saturated heterocycles. The first-order valence-electron chi connectivity index (χ1n) is 12.6. The summed E-state index contributed by atoms with van der Waals surface area (Å²) in [4.78, 5) is 23.9. The Morgan fingerprint density at radius 3 is 1.56 bits per heavy atom. The fourth-order valence-corrected chi connectivity index (χ4v) is 4.57. The van der Waals surface area contributed by atoms with Crippen LogP contribution in [0.25, 0.3) is 67.8 Å². The van der Waals surface area contributed by atoms with Crippen molar-refractivity contribution in [2.24, 2.45) is 0 Å². The van der Waals surface area contributed by atoms with Crippen LogP contribution < -0.4 is 0 Å². The summed E-state index contributed by atoms with van der Waals surface area (Å²) in [5.74, 6) is 2.23. The summed E-state index contributed by atoms with van der Waals surface area (Å²) >= 11 is 0. The van der Waals surface area contributed by atoms with Gasteiger partial charge in [-0.1, -0.05) is 91.0 Å². The lowest BCUT2D eigenvalue weighted by atomic mass is 10.0. The monoisotopic (exact) mass is 503 g/mol. The maximum atomic E-state index is 6.46. The highest BCUT2D eigenvalue weighted by atomic mass is 16.3. The van der Waals surface area contributed by atoms with Gasteiger partial charge in [-0.25, -0.2) is 19.9 Å². The van der Waals surface area contributed by atoms with Gasteiger partial charge in [-0.05, 0) is 24.3 Å². The average Bonchev–Trinajstić information content (AvgIpc) is 3.48. The summed E-state index contributed by atoms with van der Waals surface area (Å²) < 4.78 is 6.46. The molecule has 0 aliphatic rings. The van der Waals surface area contributed by atoms with Crippen molar-refractivity contribution in [3.63, 3.8) is 0 Å². The first-order chi connectivity index (χ1) is 19.3. The molecule has 0 unspecified atom stereocenters. The van der Waals surface area contributed by atoms with Crippen molar-refractivity contribution in [1.82, 2.24) is 24.9 Å². The van der Waals surface area contributed by atoms with E-state index in [9.17, 15) is 0 Å². The molecule has 0 aliphatic carbocycles. The van der Waals surface area contributed by atoms with Crippen LogP contribution in [0.5, 0.6) is 0 Å². The van der Waals surface area contributed by atoms with E-state index in [0.29, 0.717) is 28.9 Å². The highest BCUT2D eigenvalue weighted by molar-refractivity contribution is 5.99. The highest BCUT2D eigenvalue weighted by Crippen LogP contribution is 2.37. The summed E-state index contributed by atoms with van der Waals surface area (Å²) in [6.45, 7) is 0. The smallest absolute Gasteiger partial charge is 0.227 e. The molecule has 3 heterocycles. The van der Waals surface area contributed by atoms with E-state index in [1.807, 2.05) is 121 Å². The van der Waals surface area contributed by atoms with E-state index >= 15 is 0 Å². The summed E-state index contributed by atoms with van der Waals surface area (Å²) in [7, 11) is 0. The maximum Gasteiger partial charge on any atom is 0.227 e. The van der Waals surface area contributed by atoms with Crippen LogP contribution >= 0.6 is 0 Å². The third kappa shape index (κ3) is 4.34. The molecule has 0 radical (unpaired) electrons. The molecular formula is C33H21N5O. The fourth-order valence-electron chi connectivity index (χ4n) is 4.57. The first kappa shape index (κ1) is 22.7. The second-order valence-electron chi connectivity index (χ2n) is 9.00. The van der Waals surface area contributed by atoms with Gasteiger partial charge >= 0.3 is 0 Å². The van der Waals surface area contributed by atoms with Crippen LogP contribution in [0, 0.1) is 0 Å². The van der Waals surface area contributed by atoms with Crippen LogP contribution in [0.4, 0.5) is 0 Å². The minimum Gasteiger partial charge on any atom is -0.435 e. The van der Waals surface area contributed by atoms with Gasteiger partial charge in [0.2, 0.25) is 5.89 Å². The van der Waals surface area contributed by atoms with Crippen LogP contribution in [-0.4, -0.2) is 24.9 Å². The molecule has 0 atom stereocenters. The fraction of sp³-hybridized carbons (Fsp3) is 0. The Kier molecular flexibility index (Phi) is 5.68. The molecule has 4 aromatic carbocycles. The van der Waals surface area contributed by atoms with E-state index in [-0.39, 0.29) is 0 Å². The van der Waals surface area contributed by atoms with Crippen molar-refractivity contribution in [2.75, 3.05) is 0 Å². The Bertz CT molecular complexity index is 1830. The first-order valence-corrected chi connectivity index (χ1v) is 12.6. The molecule has 0 saturated carbocycles. The number of hydrogen-bond acceptors (Lipinski definition) is 6. The Morgan fingerprint density at radius 1 is 0.436 bits per heavy atom. The molecule has 6 heteroatoms. The van der Waals surface area contributed by atoms with Gasteiger partial charge in [0.1, 0.15) is 5.52 Å². The van der Waals surface area contributed by atoms with Crippen LogP contribution in [-0.2, 0) is 0 Å². The quantitative estimate of drug-likeness (QED) is 0.239. The minimum atomic E-state index is 0.515. The third-order valence-corrected chi connectivity index (χ3v) is 6.48. The van der Waals surface area contributed by atoms with E-state index < -0.39 is 0 Å². The Morgan fingerprint density at radius 2 is 0.974 bits per heavy atom. The molecule has 0 bridgehead atoms. The van der Waals surface area contributed by atoms with Gasteiger partial charge in [-0.3, -0.25) is 4.98 Å². The number of fused-ring (bicyclic) bond motifs is 1. The number of oxazole rings is 1.